The Labute approximate surface area is 339 Å². The van der Waals surface area contributed by atoms with Gasteiger partial charge in [0.05, 0.1) is 11.1 Å². The lowest BCUT2D eigenvalue weighted by Gasteiger charge is -2.25. The average molecular weight is 815 g/mol. The van der Waals surface area contributed by atoms with E-state index in [2.05, 4.69) is 10.6 Å². The van der Waals surface area contributed by atoms with Crippen molar-refractivity contribution in [3.63, 3.8) is 0 Å². The fourth-order valence-corrected chi connectivity index (χ4v) is 6.80. The van der Waals surface area contributed by atoms with Crippen LogP contribution in [0.1, 0.15) is 0 Å². The number of hydrogen-bond acceptors (Lipinski definition) is 4. The van der Waals surface area contributed by atoms with Crippen LogP contribution in [0.5, 0.6) is 0 Å². The number of nitrogens with one attached hydrogen (secondary N) is 2. The molecule has 0 saturated heterocycles. The Morgan fingerprint density at radius 2 is 0.467 bits per heavy atom. The molecule has 0 aliphatic rings. The first-order chi connectivity index (χ1) is 29.1. The van der Waals surface area contributed by atoms with Gasteiger partial charge in [0.25, 0.3) is 0 Å². The van der Waals surface area contributed by atoms with Crippen LogP contribution in [0.25, 0.3) is 11.1 Å². The zero-order chi connectivity index (χ0) is 41.9. The molecule has 8 aromatic carbocycles. The van der Waals surface area contributed by atoms with Crippen molar-refractivity contribution in [2.45, 2.75) is 0 Å². The summed E-state index contributed by atoms with van der Waals surface area (Å²) >= 11 is 0. The van der Waals surface area contributed by atoms with Gasteiger partial charge in [0.2, 0.25) is 0 Å². The first-order valence-electron chi connectivity index (χ1n) is 18.4. The fourth-order valence-electron chi connectivity index (χ4n) is 6.80. The SMILES string of the molecule is Fc1c(F)c(-c2c(F)c(F)c(Nc3ccc(N(c4ccccc4)c4ccccc4)cc3)c(F)c2F)c(F)c(F)c1Nc1ccc(N(c2ccccc2)c2ccccc2)cc1. The van der Waals surface area contributed by atoms with Gasteiger partial charge in [0.1, 0.15) is 11.4 Å². The Balaban J connectivity index is 1.08. The van der Waals surface area contributed by atoms with Gasteiger partial charge in [0.15, 0.2) is 46.5 Å². The molecule has 0 bridgehead atoms. The molecule has 8 aromatic rings. The number of rotatable bonds is 11. The van der Waals surface area contributed by atoms with Crippen molar-refractivity contribution in [3.8, 4) is 11.1 Å². The summed E-state index contributed by atoms with van der Waals surface area (Å²) in [5.41, 5.74) is -2.26. The van der Waals surface area contributed by atoms with Crippen LogP contribution in [0.2, 0.25) is 0 Å². The van der Waals surface area contributed by atoms with Crippen LogP contribution < -0.4 is 20.4 Å². The molecular weight excluding hydrogens is 785 g/mol. The van der Waals surface area contributed by atoms with Crippen LogP contribution in [0.15, 0.2) is 170 Å². The van der Waals surface area contributed by atoms with Crippen LogP contribution in [0, 0.1) is 46.5 Å². The lowest BCUT2D eigenvalue weighted by Crippen LogP contribution is -2.12. The summed E-state index contributed by atoms with van der Waals surface area (Å²) < 4.78 is 125. The topological polar surface area (TPSA) is 30.5 Å². The minimum atomic E-state index is -2.29. The maximum absolute atomic E-state index is 15.6. The number of hydrogen-bond donors (Lipinski definition) is 2. The summed E-state index contributed by atoms with van der Waals surface area (Å²) in [6.45, 7) is 0. The zero-order valence-electron chi connectivity index (χ0n) is 31.1. The van der Waals surface area contributed by atoms with E-state index in [1.54, 1.807) is 24.3 Å². The Hall–Kier alpha value is -7.60. The van der Waals surface area contributed by atoms with E-state index < -0.39 is 69.0 Å². The van der Waals surface area contributed by atoms with Crippen LogP contribution in [0.4, 0.5) is 92.0 Å². The minimum absolute atomic E-state index is 0.0186. The van der Waals surface area contributed by atoms with Crippen LogP contribution >= 0.6 is 0 Å². The van der Waals surface area contributed by atoms with Gasteiger partial charge < -0.3 is 20.4 Å². The largest absolute Gasteiger partial charge is 0.351 e. The summed E-state index contributed by atoms with van der Waals surface area (Å²) in [5.74, 6) is -17.5. The van der Waals surface area contributed by atoms with Crippen LogP contribution in [0.3, 0.4) is 0 Å². The smallest absolute Gasteiger partial charge is 0.186 e. The molecule has 0 unspecified atom stereocenters. The first kappa shape index (κ1) is 39.2. The van der Waals surface area contributed by atoms with Gasteiger partial charge in [-0.15, -0.1) is 0 Å². The predicted octanol–water partition coefficient (Wildman–Crippen LogP) is 14.9. The summed E-state index contributed by atoms with van der Waals surface area (Å²) in [6, 6.07) is 49.0. The molecule has 298 valence electrons. The summed E-state index contributed by atoms with van der Waals surface area (Å²) in [6.07, 6.45) is 0. The van der Waals surface area contributed by atoms with E-state index in [0.29, 0.717) is 11.4 Å². The molecule has 0 amide bonds. The highest BCUT2D eigenvalue weighted by Crippen LogP contribution is 2.43. The number of para-hydroxylation sites is 4. The van der Waals surface area contributed by atoms with E-state index in [9.17, 15) is 0 Å². The average Bonchev–Trinajstić information content (AvgIpc) is 3.29. The van der Waals surface area contributed by atoms with Crippen molar-refractivity contribution in [2.75, 3.05) is 20.4 Å². The van der Waals surface area contributed by atoms with Gasteiger partial charge in [-0.1, -0.05) is 72.8 Å². The second-order valence-electron chi connectivity index (χ2n) is 13.4. The quantitative estimate of drug-likeness (QED) is 0.101. The van der Waals surface area contributed by atoms with Gasteiger partial charge in [-0.05, 0) is 97.1 Å². The van der Waals surface area contributed by atoms with Gasteiger partial charge in [-0.25, -0.2) is 35.1 Å². The second kappa shape index (κ2) is 16.7. The van der Waals surface area contributed by atoms with Crippen LogP contribution in [-0.4, -0.2) is 0 Å². The maximum atomic E-state index is 15.6. The molecule has 12 heteroatoms. The number of benzene rings is 8. The van der Waals surface area contributed by atoms with E-state index in [1.807, 2.05) is 131 Å². The Morgan fingerprint density at radius 1 is 0.250 bits per heavy atom. The molecule has 0 spiro atoms. The molecule has 0 aromatic heterocycles. The van der Waals surface area contributed by atoms with Crippen molar-refractivity contribution in [2.24, 2.45) is 0 Å². The third kappa shape index (κ3) is 7.46. The molecule has 0 saturated carbocycles. The summed E-state index contributed by atoms with van der Waals surface area (Å²) in [7, 11) is 0. The lowest BCUT2D eigenvalue weighted by molar-refractivity contribution is 0.447. The van der Waals surface area contributed by atoms with E-state index >= 15 is 35.1 Å². The fraction of sp³-hybridized carbons (Fsp3) is 0. The van der Waals surface area contributed by atoms with Crippen molar-refractivity contribution in [3.05, 3.63) is 216 Å². The highest BCUT2D eigenvalue weighted by atomic mass is 19.2. The minimum Gasteiger partial charge on any atom is -0.351 e. The molecule has 0 radical (unpaired) electrons. The van der Waals surface area contributed by atoms with Crippen molar-refractivity contribution in [1.29, 1.82) is 0 Å². The van der Waals surface area contributed by atoms with Crippen LogP contribution in [-0.2, 0) is 0 Å². The molecule has 0 atom stereocenters. The molecule has 60 heavy (non-hydrogen) atoms. The third-order valence-corrected chi connectivity index (χ3v) is 9.62. The van der Waals surface area contributed by atoms with E-state index in [4.69, 9.17) is 0 Å². The van der Waals surface area contributed by atoms with Crippen molar-refractivity contribution >= 4 is 56.9 Å². The summed E-state index contributed by atoms with van der Waals surface area (Å²) in [4.78, 5) is 3.78. The van der Waals surface area contributed by atoms with Gasteiger partial charge in [0, 0.05) is 45.5 Å². The highest BCUT2D eigenvalue weighted by Gasteiger charge is 2.34. The predicted molar refractivity (Wildman–Crippen MR) is 220 cm³/mol. The van der Waals surface area contributed by atoms with E-state index in [-0.39, 0.29) is 11.4 Å². The third-order valence-electron chi connectivity index (χ3n) is 9.62. The normalized spacial score (nSPS) is 11.0. The monoisotopic (exact) mass is 814 g/mol. The number of nitrogens with zero attached hydrogens (tertiary/aromatic N) is 2. The molecule has 2 N–H and O–H groups in total. The second-order valence-corrected chi connectivity index (χ2v) is 13.4. The lowest BCUT2D eigenvalue weighted by atomic mass is 10.00. The van der Waals surface area contributed by atoms with E-state index in [0.717, 1.165) is 22.7 Å². The van der Waals surface area contributed by atoms with Crippen molar-refractivity contribution in [1.82, 2.24) is 0 Å². The van der Waals surface area contributed by atoms with Gasteiger partial charge in [-0.3, -0.25) is 0 Å². The Morgan fingerprint density at radius 3 is 0.700 bits per heavy atom. The highest BCUT2D eigenvalue weighted by molar-refractivity contribution is 5.80. The molecule has 8 rings (SSSR count). The Kier molecular flexibility index (Phi) is 10.9. The Bertz CT molecular complexity index is 2440. The number of halogens is 8. The first-order valence-corrected chi connectivity index (χ1v) is 18.4. The van der Waals surface area contributed by atoms with E-state index in [1.165, 1.54) is 24.3 Å². The number of anilines is 10. The maximum Gasteiger partial charge on any atom is 0.186 e. The summed E-state index contributed by atoms with van der Waals surface area (Å²) in [5, 5.41) is 4.53. The molecule has 0 aliphatic heterocycles. The molecule has 4 nitrogen and oxygen atoms in total. The molecular formula is C48H30F8N4. The van der Waals surface area contributed by atoms with Gasteiger partial charge >= 0.3 is 0 Å². The molecule has 0 heterocycles. The standard InChI is InChI=1S/C48H30F8N4/c49-39-37(40(50)44(54)47(43(39)53)57-29-21-25-35(26-22-29)59(31-13-5-1-6-14-31)32-15-7-2-8-16-32)38-41(51)45(55)48(46(56)42(38)52)58-30-23-27-36(28-24-30)60(33-17-9-3-10-18-33)34-19-11-4-12-20-34/h1-28,57-58H. The molecule has 0 fully saturated rings. The van der Waals surface area contributed by atoms with Crippen molar-refractivity contribution < 1.29 is 35.1 Å². The van der Waals surface area contributed by atoms with Gasteiger partial charge in [-0.2, -0.15) is 0 Å². The zero-order valence-corrected chi connectivity index (χ0v) is 31.1. The molecule has 0 aliphatic carbocycles.